The predicted octanol–water partition coefficient (Wildman–Crippen LogP) is 4.65. The summed E-state index contributed by atoms with van der Waals surface area (Å²) in [4.78, 5) is 0. The van der Waals surface area contributed by atoms with Crippen molar-refractivity contribution < 1.29 is 4.74 Å². The summed E-state index contributed by atoms with van der Waals surface area (Å²) in [7, 11) is 1.69. The average Bonchev–Trinajstić information content (AvgIpc) is 2.80. The number of nitrogens with one attached hydrogen (secondary N) is 1. The molecule has 1 aromatic rings. The Hall–Kier alpha value is -0.890. The van der Waals surface area contributed by atoms with Crippen molar-refractivity contribution in [1.82, 2.24) is 0 Å². The van der Waals surface area contributed by atoms with Crippen LogP contribution in [0.4, 0.5) is 5.69 Å². The van der Waals surface area contributed by atoms with Gasteiger partial charge >= 0.3 is 0 Å². The van der Waals surface area contributed by atoms with Gasteiger partial charge in [-0.1, -0.05) is 31.4 Å². The number of methoxy groups -OCH3 is 1. The Kier molecular flexibility index (Phi) is 4.39. The Labute approximate surface area is 115 Å². The fraction of sp³-hybridized carbons (Fsp3) is 0.600. The van der Waals surface area contributed by atoms with Gasteiger partial charge in [0.25, 0.3) is 0 Å². The Bertz CT molecular complexity index is 419. The molecule has 0 aliphatic heterocycles. The summed E-state index contributed by atoms with van der Waals surface area (Å²) in [6.45, 7) is 4.30. The number of ether oxygens (including phenoxy) is 1. The molecule has 1 fully saturated rings. The lowest BCUT2D eigenvalue weighted by Crippen LogP contribution is -2.23. The van der Waals surface area contributed by atoms with Gasteiger partial charge in [0, 0.05) is 17.1 Å². The Balaban J connectivity index is 2.20. The van der Waals surface area contributed by atoms with Crippen molar-refractivity contribution >= 4 is 17.3 Å². The first kappa shape index (κ1) is 13.5. The lowest BCUT2D eigenvalue weighted by Gasteiger charge is -2.22. The number of rotatable bonds is 4. The van der Waals surface area contributed by atoms with Gasteiger partial charge in [-0.05, 0) is 37.3 Å². The monoisotopic (exact) mass is 267 g/mol. The lowest BCUT2D eigenvalue weighted by molar-refractivity contribution is 0.414. The van der Waals surface area contributed by atoms with Crippen LogP contribution >= 0.6 is 11.6 Å². The molecule has 0 saturated heterocycles. The van der Waals surface area contributed by atoms with Gasteiger partial charge in [0.15, 0.2) is 0 Å². The van der Waals surface area contributed by atoms with Crippen LogP contribution in [0.5, 0.6) is 5.75 Å². The molecule has 100 valence electrons. The van der Waals surface area contributed by atoms with Crippen molar-refractivity contribution in [1.29, 1.82) is 0 Å². The summed E-state index contributed by atoms with van der Waals surface area (Å²) < 4.78 is 5.41. The van der Waals surface area contributed by atoms with Crippen molar-refractivity contribution in [2.45, 2.75) is 45.6 Å². The molecule has 0 bridgehead atoms. The maximum atomic E-state index is 6.13. The number of halogens is 1. The maximum absolute atomic E-state index is 6.13. The van der Waals surface area contributed by atoms with Gasteiger partial charge in [0.05, 0.1) is 12.8 Å². The molecule has 1 aliphatic carbocycles. The van der Waals surface area contributed by atoms with Crippen LogP contribution in [0.3, 0.4) is 0 Å². The molecule has 1 N–H and O–H groups in total. The summed E-state index contributed by atoms with van der Waals surface area (Å²) in [5.41, 5.74) is 2.16. The third-order valence-corrected chi connectivity index (χ3v) is 4.41. The molecule has 2 unspecified atom stereocenters. The zero-order chi connectivity index (χ0) is 13.1. The second-order valence-electron chi connectivity index (χ2n) is 5.15. The van der Waals surface area contributed by atoms with Gasteiger partial charge in [-0.3, -0.25) is 0 Å². The minimum Gasteiger partial charge on any atom is -0.495 e. The van der Waals surface area contributed by atoms with Gasteiger partial charge in [-0.25, -0.2) is 0 Å². The lowest BCUT2D eigenvalue weighted by atomic mass is 10.0. The summed E-state index contributed by atoms with van der Waals surface area (Å²) in [5.74, 6) is 1.62. The Morgan fingerprint density at radius 3 is 2.83 bits per heavy atom. The smallest absolute Gasteiger partial charge is 0.143 e. The fourth-order valence-corrected chi connectivity index (χ4v) is 3.01. The van der Waals surface area contributed by atoms with Crippen molar-refractivity contribution in [2.75, 3.05) is 12.4 Å². The molecule has 2 rings (SSSR count). The molecule has 0 aromatic heterocycles. The zero-order valence-electron chi connectivity index (χ0n) is 11.4. The van der Waals surface area contributed by atoms with Crippen LogP contribution in [0.15, 0.2) is 12.1 Å². The Morgan fingerprint density at radius 1 is 1.39 bits per heavy atom. The van der Waals surface area contributed by atoms with Crippen LogP contribution in [-0.4, -0.2) is 13.2 Å². The normalized spacial score (nSPS) is 23.1. The van der Waals surface area contributed by atoms with Crippen LogP contribution < -0.4 is 10.1 Å². The predicted molar refractivity (Wildman–Crippen MR) is 77.8 cm³/mol. The summed E-state index contributed by atoms with van der Waals surface area (Å²) in [6, 6.07) is 4.56. The molecule has 1 saturated carbocycles. The first-order valence-corrected chi connectivity index (χ1v) is 7.14. The first-order valence-electron chi connectivity index (χ1n) is 6.76. The highest BCUT2D eigenvalue weighted by molar-refractivity contribution is 6.31. The molecular weight excluding hydrogens is 246 g/mol. The number of hydrogen-bond acceptors (Lipinski definition) is 2. The second kappa shape index (κ2) is 5.83. The molecule has 0 amide bonds. The zero-order valence-corrected chi connectivity index (χ0v) is 12.2. The van der Waals surface area contributed by atoms with Crippen molar-refractivity contribution in [3.63, 3.8) is 0 Å². The van der Waals surface area contributed by atoms with E-state index in [1.807, 2.05) is 13.0 Å². The van der Waals surface area contributed by atoms with Crippen LogP contribution in [0, 0.1) is 12.8 Å². The third kappa shape index (κ3) is 2.74. The maximum Gasteiger partial charge on any atom is 0.143 e. The van der Waals surface area contributed by atoms with Gasteiger partial charge in [0.2, 0.25) is 0 Å². The quantitative estimate of drug-likeness (QED) is 0.858. The highest BCUT2D eigenvalue weighted by atomic mass is 35.5. The van der Waals surface area contributed by atoms with E-state index in [-0.39, 0.29) is 0 Å². The molecule has 1 aliphatic rings. The highest BCUT2D eigenvalue weighted by Gasteiger charge is 2.26. The second-order valence-corrected chi connectivity index (χ2v) is 5.56. The number of benzene rings is 1. The summed E-state index contributed by atoms with van der Waals surface area (Å²) in [6.07, 6.45) is 5.16. The van der Waals surface area contributed by atoms with Gasteiger partial charge in [-0.15, -0.1) is 0 Å². The third-order valence-electron chi connectivity index (χ3n) is 4.01. The first-order chi connectivity index (χ1) is 8.65. The minimum absolute atomic E-state index is 0.574. The van der Waals surface area contributed by atoms with Crippen molar-refractivity contribution in [2.24, 2.45) is 5.92 Å². The van der Waals surface area contributed by atoms with E-state index in [1.54, 1.807) is 7.11 Å². The van der Waals surface area contributed by atoms with Gasteiger partial charge in [0.1, 0.15) is 5.75 Å². The average molecular weight is 268 g/mol. The number of aryl methyl sites for hydroxylation is 1. The van der Waals surface area contributed by atoms with E-state index in [0.717, 1.165) is 27.9 Å². The van der Waals surface area contributed by atoms with E-state index >= 15 is 0 Å². The van der Waals surface area contributed by atoms with Gasteiger partial charge in [-0.2, -0.15) is 0 Å². The van der Waals surface area contributed by atoms with Crippen LogP contribution in [-0.2, 0) is 0 Å². The standard InChI is InChI=1S/C15H22ClNO/c1-4-11-6-5-7-13(11)17-14-8-10(2)12(16)9-15(14)18-3/h8-9,11,13,17H,4-7H2,1-3H3. The minimum atomic E-state index is 0.574. The van der Waals surface area contributed by atoms with Crippen LogP contribution in [0.2, 0.25) is 5.02 Å². The molecule has 3 heteroatoms. The summed E-state index contributed by atoms with van der Waals surface area (Å²) >= 11 is 6.13. The Morgan fingerprint density at radius 2 is 2.17 bits per heavy atom. The van der Waals surface area contributed by atoms with E-state index < -0.39 is 0 Å². The largest absolute Gasteiger partial charge is 0.495 e. The number of anilines is 1. The molecule has 2 atom stereocenters. The van der Waals surface area contributed by atoms with Crippen LogP contribution in [0.1, 0.15) is 38.2 Å². The molecule has 0 heterocycles. The fourth-order valence-electron chi connectivity index (χ4n) is 2.86. The molecule has 18 heavy (non-hydrogen) atoms. The molecular formula is C15H22ClNO. The van der Waals surface area contributed by atoms with Crippen molar-refractivity contribution in [3.8, 4) is 5.75 Å². The number of hydrogen-bond donors (Lipinski definition) is 1. The highest BCUT2D eigenvalue weighted by Crippen LogP contribution is 2.36. The van der Waals surface area contributed by atoms with E-state index in [0.29, 0.717) is 6.04 Å². The molecule has 1 aromatic carbocycles. The molecule has 0 radical (unpaired) electrons. The summed E-state index contributed by atoms with van der Waals surface area (Å²) in [5, 5.41) is 4.41. The SMILES string of the molecule is CCC1CCCC1Nc1cc(C)c(Cl)cc1OC. The van der Waals surface area contributed by atoms with E-state index in [2.05, 4.69) is 18.3 Å². The van der Waals surface area contributed by atoms with E-state index in [4.69, 9.17) is 16.3 Å². The van der Waals surface area contributed by atoms with Crippen LogP contribution in [0.25, 0.3) is 0 Å². The van der Waals surface area contributed by atoms with Gasteiger partial charge < -0.3 is 10.1 Å². The molecule has 2 nitrogen and oxygen atoms in total. The van der Waals surface area contributed by atoms with Crippen molar-refractivity contribution in [3.05, 3.63) is 22.7 Å². The topological polar surface area (TPSA) is 21.3 Å². The van der Waals surface area contributed by atoms with E-state index in [9.17, 15) is 0 Å². The molecule has 0 spiro atoms. The van der Waals surface area contributed by atoms with E-state index in [1.165, 1.54) is 25.7 Å².